The van der Waals surface area contributed by atoms with Crippen LogP contribution < -0.4 is 10.2 Å². The molecule has 0 aliphatic carbocycles. The average molecular weight is 415 g/mol. The van der Waals surface area contributed by atoms with Gasteiger partial charge in [0.25, 0.3) is 5.91 Å². The third kappa shape index (κ3) is 4.86. The lowest BCUT2D eigenvalue weighted by Gasteiger charge is -2.36. The molecule has 0 bridgehead atoms. The number of likely N-dealkylation sites (N-methyl/N-ethyl adjacent to an activating group) is 1. The van der Waals surface area contributed by atoms with Gasteiger partial charge in [-0.25, -0.2) is 4.39 Å². The molecule has 2 heterocycles. The lowest BCUT2D eigenvalue weighted by atomic mass is 10.1. The van der Waals surface area contributed by atoms with Gasteiger partial charge < -0.3 is 19.7 Å². The predicted molar refractivity (Wildman–Crippen MR) is 121 cm³/mol. The van der Waals surface area contributed by atoms with E-state index in [1.807, 2.05) is 27.7 Å². The third-order valence-corrected chi connectivity index (χ3v) is 5.82. The third-order valence-electron chi connectivity index (χ3n) is 5.82. The number of piperazine rings is 1. The maximum absolute atomic E-state index is 13.4. The van der Waals surface area contributed by atoms with Gasteiger partial charge in [0.05, 0.1) is 5.69 Å². The molecule has 1 N–H and O–H groups in total. The number of nitrogens with zero attached hydrogens (tertiary/aromatic N) is 3. The van der Waals surface area contributed by atoms with Gasteiger partial charge in [-0.1, -0.05) is 19.1 Å². The first kappa shape index (κ1) is 22.3. The largest absolute Gasteiger partial charge is 0.367 e. The van der Waals surface area contributed by atoms with E-state index in [2.05, 4.69) is 33.5 Å². The zero-order chi connectivity index (χ0) is 22.1. The highest BCUT2D eigenvalue weighted by molar-refractivity contribution is 5.97. The molecule has 2 aromatic rings. The topological polar surface area (TPSA) is 40.5 Å². The Bertz CT molecular complexity index is 887. The summed E-state index contributed by atoms with van der Waals surface area (Å²) in [7, 11) is 0. The molecule has 1 aliphatic heterocycles. The van der Waals surface area contributed by atoms with Crippen molar-refractivity contribution in [2.45, 2.75) is 53.6 Å². The van der Waals surface area contributed by atoms with Crippen LogP contribution in [0.3, 0.4) is 0 Å². The van der Waals surface area contributed by atoms with E-state index in [9.17, 15) is 9.18 Å². The normalized spacial score (nSPS) is 15.5. The van der Waals surface area contributed by atoms with E-state index in [-0.39, 0.29) is 17.3 Å². The molecular weight excluding hydrogens is 379 g/mol. The fourth-order valence-electron chi connectivity index (χ4n) is 4.30. The van der Waals surface area contributed by atoms with Crippen LogP contribution in [0.5, 0.6) is 0 Å². The number of rotatable bonds is 5. The number of carbonyl (C=O) groups excluding carboxylic acids is 1. The average Bonchev–Trinajstić information content (AvgIpc) is 2.92. The summed E-state index contributed by atoms with van der Waals surface area (Å²) in [6.07, 6.45) is 0. The molecule has 30 heavy (non-hydrogen) atoms. The van der Waals surface area contributed by atoms with Gasteiger partial charge in [0.15, 0.2) is 0 Å². The minimum absolute atomic E-state index is 0.0661. The smallest absolute Gasteiger partial charge is 0.268 e. The standard InChI is InChI=1S/C24H35FN4O/c1-7-27-12-14-28(15-13-27)21-17(2)22(23(30)26-24(4,5)6)29(18(21)3)16-19-8-10-20(25)11-9-19/h8-11H,7,12-16H2,1-6H3,(H,26,30). The van der Waals surface area contributed by atoms with Crippen LogP contribution in [-0.2, 0) is 6.54 Å². The quantitative estimate of drug-likeness (QED) is 0.805. The first-order chi connectivity index (χ1) is 14.1. The summed E-state index contributed by atoms with van der Waals surface area (Å²) < 4.78 is 15.5. The first-order valence-electron chi connectivity index (χ1n) is 10.8. The molecule has 1 aromatic heterocycles. The Hall–Kier alpha value is -2.34. The Balaban J connectivity index is 2.02. The van der Waals surface area contributed by atoms with Gasteiger partial charge in [0, 0.05) is 49.5 Å². The minimum atomic E-state index is -0.324. The van der Waals surface area contributed by atoms with Gasteiger partial charge in [0.2, 0.25) is 0 Å². The van der Waals surface area contributed by atoms with E-state index < -0.39 is 0 Å². The van der Waals surface area contributed by atoms with Crippen molar-refractivity contribution in [3.63, 3.8) is 0 Å². The van der Waals surface area contributed by atoms with Gasteiger partial charge in [-0.05, 0) is 58.9 Å². The van der Waals surface area contributed by atoms with E-state index >= 15 is 0 Å². The van der Waals surface area contributed by atoms with E-state index in [0.29, 0.717) is 12.2 Å². The van der Waals surface area contributed by atoms with Crippen molar-refractivity contribution in [1.82, 2.24) is 14.8 Å². The van der Waals surface area contributed by atoms with E-state index in [1.54, 1.807) is 12.1 Å². The number of aromatic nitrogens is 1. The lowest BCUT2D eigenvalue weighted by Crippen LogP contribution is -2.46. The maximum Gasteiger partial charge on any atom is 0.268 e. The Morgan fingerprint density at radius 1 is 1.07 bits per heavy atom. The number of halogens is 1. The van der Waals surface area contributed by atoms with Crippen LogP contribution in [-0.4, -0.2) is 53.6 Å². The highest BCUT2D eigenvalue weighted by Gasteiger charge is 2.29. The number of carbonyl (C=O) groups is 1. The zero-order valence-corrected chi connectivity index (χ0v) is 19.2. The van der Waals surface area contributed by atoms with Crippen molar-refractivity contribution in [1.29, 1.82) is 0 Å². The second kappa shape index (κ2) is 8.80. The summed E-state index contributed by atoms with van der Waals surface area (Å²) in [6.45, 7) is 17.9. The SMILES string of the molecule is CCN1CCN(c2c(C)c(C(=O)NC(C)(C)C)n(Cc3ccc(F)cc3)c2C)CC1. The number of hydrogen-bond donors (Lipinski definition) is 1. The Labute approximate surface area is 179 Å². The summed E-state index contributed by atoms with van der Waals surface area (Å²) in [5.41, 5.74) is 4.60. The molecule has 1 aromatic carbocycles. The van der Waals surface area contributed by atoms with Crippen molar-refractivity contribution in [2.24, 2.45) is 0 Å². The molecule has 1 fully saturated rings. The molecule has 0 saturated carbocycles. The highest BCUT2D eigenvalue weighted by Crippen LogP contribution is 2.32. The fourth-order valence-corrected chi connectivity index (χ4v) is 4.30. The summed E-state index contributed by atoms with van der Waals surface area (Å²) in [4.78, 5) is 18.1. The summed E-state index contributed by atoms with van der Waals surface area (Å²) in [5, 5.41) is 3.12. The van der Waals surface area contributed by atoms with Crippen LogP contribution in [0.25, 0.3) is 0 Å². The Morgan fingerprint density at radius 3 is 2.20 bits per heavy atom. The Kier molecular flexibility index (Phi) is 6.56. The number of amides is 1. The van der Waals surface area contributed by atoms with Gasteiger partial charge in [-0.15, -0.1) is 0 Å². The fraction of sp³-hybridized carbons (Fsp3) is 0.542. The first-order valence-corrected chi connectivity index (χ1v) is 10.8. The second-order valence-electron chi connectivity index (χ2n) is 9.25. The molecule has 0 atom stereocenters. The molecule has 5 nitrogen and oxygen atoms in total. The zero-order valence-electron chi connectivity index (χ0n) is 19.2. The molecule has 0 radical (unpaired) electrons. The lowest BCUT2D eigenvalue weighted by molar-refractivity contribution is 0.0909. The minimum Gasteiger partial charge on any atom is -0.367 e. The molecule has 1 aliphatic rings. The van der Waals surface area contributed by atoms with Gasteiger partial charge in [0.1, 0.15) is 11.5 Å². The monoisotopic (exact) mass is 414 g/mol. The van der Waals surface area contributed by atoms with Crippen LogP contribution in [0.4, 0.5) is 10.1 Å². The van der Waals surface area contributed by atoms with Gasteiger partial charge in [-0.3, -0.25) is 4.79 Å². The van der Waals surface area contributed by atoms with Crippen LogP contribution in [0.2, 0.25) is 0 Å². The van der Waals surface area contributed by atoms with Crippen LogP contribution >= 0.6 is 0 Å². The van der Waals surface area contributed by atoms with Crippen molar-refractivity contribution in [3.05, 3.63) is 52.6 Å². The number of anilines is 1. The molecule has 0 spiro atoms. The molecular formula is C24H35FN4O. The molecule has 3 rings (SSSR count). The number of benzene rings is 1. The highest BCUT2D eigenvalue weighted by atomic mass is 19.1. The summed E-state index contributed by atoms with van der Waals surface area (Å²) in [5.74, 6) is -0.317. The number of hydrogen-bond acceptors (Lipinski definition) is 3. The van der Waals surface area contributed by atoms with Gasteiger partial charge in [-0.2, -0.15) is 0 Å². The van der Waals surface area contributed by atoms with Crippen molar-refractivity contribution < 1.29 is 9.18 Å². The van der Waals surface area contributed by atoms with E-state index in [0.717, 1.165) is 55.2 Å². The molecule has 0 unspecified atom stereocenters. The van der Waals surface area contributed by atoms with Crippen molar-refractivity contribution in [3.8, 4) is 0 Å². The summed E-state index contributed by atoms with van der Waals surface area (Å²) in [6, 6.07) is 6.52. The van der Waals surface area contributed by atoms with Crippen LogP contribution in [0.15, 0.2) is 24.3 Å². The number of nitrogens with one attached hydrogen (secondary N) is 1. The van der Waals surface area contributed by atoms with E-state index in [1.165, 1.54) is 12.1 Å². The predicted octanol–water partition coefficient (Wildman–Crippen LogP) is 3.96. The van der Waals surface area contributed by atoms with Crippen molar-refractivity contribution in [2.75, 3.05) is 37.6 Å². The molecule has 6 heteroatoms. The van der Waals surface area contributed by atoms with Crippen LogP contribution in [0.1, 0.15) is 55.0 Å². The maximum atomic E-state index is 13.4. The molecule has 1 amide bonds. The molecule has 164 valence electrons. The van der Waals surface area contributed by atoms with Crippen molar-refractivity contribution >= 4 is 11.6 Å². The molecule has 1 saturated heterocycles. The second-order valence-corrected chi connectivity index (χ2v) is 9.25. The Morgan fingerprint density at radius 2 is 1.67 bits per heavy atom. The van der Waals surface area contributed by atoms with Gasteiger partial charge >= 0.3 is 0 Å². The van der Waals surface area contributed by atoms with Crippen LogP contribution in [0, 0.1) is 19.7 Å². The summed E-state index contributed by atoms with van der Waals surface area (Å²) >= 11 is 0. The van der Waals surface area contributed by atoms with E-state index in [4.69, 9.17) is 0 Å².